The van der Waals surface area contributed by atoms with Crippen molar-refractivity contribution >= 4 is 17.9 Å². The van der Waals surface area contributed by atoms with E-state index in [1.807, 2.05) is 0 Å². The fourth-order valence-electron chi connectivity index (χ4n) is 2.12. The number of rotatable bonds is 3. The van der Waals surface area contributed by atoms with Gasteiger partial charge in [-0.15, -0.1) is 0 Å². The molecule has 1 heterocycles. The summed E-state index contributed by atoms with van der Waals surface area (Å²) in [5.41, 5.74) is 8.79. The first-order valence-electron chi connectivity index (χ1n) is 5.72. The Balaban J connectivity index is 2.34. The van der Waals surface area contributed by atoms with Gasteiger partial charge in [-0.2, -0.15) is 0 Å². The number of hydrogen-bond donors (Lipinski definition) is 0. The van der Waals surface area contributed by atoms with Crippen LogP contribution in [0, 0.1) is 0 Å². The van der Waals surface area contributed by atoms with Crippen LogP contribution in [0.4, 0.5) is 10.1 Å². The molecule has 0 N–H and O–H groups in total. The number of amides is 1. The Morgan fingerprint density at radius 1 is 1.53 bits per heavy atom. The molecule has 1 amide bonds. The Morgan fingerprint density at radius 2 is 2.26 bits per heavy atom. The molecular formula is C12H11FN4O2. The fourth-order valence-corrected chi connectivity index (χ4v) is 2.12. The molecule has 0 aliphatic carbocycles. The number of halogens is 1. The Kier molecular flexibility index (Phi) is 3.77. The van der Waals surface area contributed by atoms with Crippen LogP contribution < -0.4 is 0 Å². The summed E-state index contributed by atoms with van der Waals surface area (Å²) in [6.07, 6.45) is -0.627. The molecule has 1 aliphatic rings. The molecule has 1 aliphatic heterocycles. The normalized spacial score (nSPS) is 21.8. The molecule has 6 nitrogen and oxygen atoms in total. The molecule has 98 valence electrons. The van der Waals surface area contributed by atoms with E-state index in [0.29, 0.717) is 6.29 Å². The highest BCUT2D eigenvalue weighted by atomic mass is 19.1. The lowest BCUT2D eigenvalue weighted by molar-refractivity contribution is -0.111. The van der Waals surface area contributed by atoms with Crippen molar-refractivity contribution in [1.29, 1.82) is 0 Å². The first-order chi connectivity index (χ1) is 9.17. The van der Waals surface area contributed by atoms with Gasteiger partial charge in [-0.05, 0) is 11.6 Å². The summed E-state index contributed by atoms with van der Waals surface area (Å²) in [4.78, 5) is 27.0. The zero-order chi connectivity index (χ0) is 13.8. The van der Waals surface area contributed by atoms with Gasteiger partial charge in [-0.3, -0.25) is 4.79 Å². The molecule has 2 atom stereocenters. The van der Waals surface area contributed by atoms with Gasteiger partial charge < -0.3 is 9.69 Å². The van der Waals surface area contributed by atoms with E-state index in [0.717, 1.165) is 0 Å². The van der Waals surface area contributed by atoms with Crippen LogP contribution in [0.25, 0.3) is 10.4 Å². The van der Waals surface area contributed by atoms with Crippen molar-refractivity contribution in [2.45, 2.75) is 18.6 Å². The van der Waals surface area contributed by atoms with E-state index in [4.69, 9.17) is 5.53 Å². The first-order valence-corrected chi connectivity index (χ1v) is 5.72. The minimum absolute atomic E-state index is 0.0128. The molecule has 1 saturated heterocycles. The molecule has 1 aromatic carbocycles. The van der Waals surface area contributed by atoms with Crippen LogP contribution in [0.1, 0.15) is 16.8 Å². The lowest BCUT2D eigenvalue weighted by atomic mass is 10.1. The van der Waals surface area contributed by atoms with E-state index in [1.54, 1.807) is 12.1 Å². The average molecular weight is 262 g/mol. The molecule has 0 spiro atoms. The molecule has 0 bridgehead atoms. The van der Waals surface area contributed by atoms with Crippen molar-refractivity contribution in [3.63, 3.8) is 0 Å². The van der Waals surface area contributed by atoms with Crippen molar-refractivity contribution in [2.75, 3.05) is 6.54 Å². The standard InChI is InChI=1S/C12H11FN4O2/c13-8-5-9(7-18)17(6-8)12(19)10-3-1-2-4-11(10)15-16-14/h1-4,7-9H,5-6H2/t8-,9-/m0/s1. The van der Waals surface area contributed by atoms with Gasteiger partial charge >= 0.3 is 0 Å². The third-order valence-electron chi connectivity index (χ3n) is 3.00. The number of carbonyl (C=O) groups is 2. The van der Waals surface area contributed by atoms with Crippen molar-refractivity contribution < 1.29 is 14.0 Å². The third-order valence-corrected chi connectivity index (χ3v) is 3.00. The third kappa shape index (κ3) is 2.56. The number of azide groups is 1. The number of benzene rings is 1. The molecule has 19 heavy (non-hydrogen) atoms. The number of likely N-dealkylation sites (tertiary alicyclic amines) is 1. The van der Waals surface area contributed by atoms with Gasteiger partial charge in [0, 0.05) is 16.9 Å². The minimum Gasteiger partial charge on any atom is -0.326 e. The van der Waals surface area contributed by atoms with E-state index >= 15 is 0 Å². The predicted octanol–water partition coefficient (Wildman–Crippen LogP) is 2.38. The predicted molar refractivity (Wildman–Crippen MR) is 65.6 cm³/mol. The van der Waals surface area contributed by atoms with Gasteiger partial charge in [0.05, 0.1) is 18.3 Å². The second-order valence-electron chi connectivity index (χ2n) is 4.20. The van der Waals surface area contributed by atoms with Crippen LogP contribution in [0.2, 0.25) is 0 Å². The van der Waals surface area contributed by atoms with E-state index < -0.39 is 18.1 Å². The maximum Gasteiger partial charge on any atom is 0.255 e. The van der Waals surface area contributed by atoms with Gasteiger partial charge in [0.15, 0.2) is 0 Å². The highest BCUT2D eigenvalue weighted by molar-refractivity contribution is 6.00. The van der Waals surface area contributed by atoms with Gasteiger partial charge in [0.1, 0.15) is 12.5 Å². The quantitative estimate of drug-likeness (QED) is 0.362. The van der Waals surface area contributed by atoms with Crippen LogP contribution in [0.15, 0.2) is 29.4 Å². The van der Waals surface area contributed by atoms with Crippen molar-refractivity contribution in [1.82, 2.24) is 4.90 Å². The molecule has 1 fully saturated rings. The number of nitrogens with zero attached hydrogens (tertiary/aromatic N) is 4. The summed E-state index contributed by atoms with van der Waals surface area (Å²) in [5, 5.41) is 3.42. The van der Waals surface area contributed by atoms with Gasteiger partial charge in [-0.25, -0.2) is 4.39 Å². The van der Waals surface area contributed by atoms with Crippen LogP contribution in [0.5, 0.6) is 0 Å². The van der Waals surface area contributed by atoms with Crippen molar-refractivity contribution in [3.8, 4) is 0 Å². The number of carbonyl (C=O) groups excluding carboxylic acids is 2. The largest absolute Gasteiger partial charge is 0.326 e. The van der Waals surface area contributed by atoms with Crippen molar-refractivity contribution in [2.24, 2.45) is 5.11 Å². The van der Waals surface area contributed by atoms with Gasteiger partial charge in [-0.1, -0.05) is 23.3 Å². The SMILES string of the molecule is [N-]=[N+]=Nc1ccccc1C(=O)N1C[C@@H](F)C[C@H]1C=O. The molecule has 7 heteroatoms. The van der Waals surface area contributed by atoms with Crippen molar-refractivity contribution in [3.05, 3.63) is 40.3 Å². The second-order valence-corrected chi connectivity index (χ2v) is 4.20. The summed E-state index contributed by atoms with van der Waals surface area (Å²) in [7, 11) is 0. The highest BCUT2D eigenvalue weighted by Gasteiger charge is 2.35. The van der Waals surface area contributed by atoms with Gasteiger partial charge in [0.25, 0.3) is 5.91 Å². The van der Waals surface area contributed by atoms with E-state index in [-0.39, 0.29) is 24.2 Å². The monoisotopic (exact) mass is 262 g/mol. The minimum atomic E-state index is -1.20. The molecule has 0 aromatic heterocycles. The van der Waals surface area contributed by atoms with Crippen LogP contribution in [0.3, 0.4) is 0 Å². The Bertz CT molecular complexity index is 556. The first kappa shape index (κ1) is 13.0. The van der Waals surface area contributed by atoms with Crippen LogP contribution in [-0.4, -0.2) is 35.9 Å². The lowest BCUT2D eigenvalue weighted by Gasteiger charge is -2.20. The molecule has 0 radical (unpaired) electrons. The molecule has 2 rings (SSSR count). The fraction of sp³-hybridized carbons (Fsp3) is 0.333. The van der Waals surface area contributed by atoms with E-state index in [2.05, 4.69) is 10.0 Å². The summed E-state index contributed by atoms with van der Waals surface area (Å²) in [6.45, 7) is -0.118. The van der Waals surface area contributed by atoms with Crippen LogP contribution in [-0.2, 0) is 4.79 Å². The lowest BCUT2D eigenvalue weighted by Crippen LogP contribution is -2.36. The number of hydrogen-bond acceptors (Lipinski definition) is 3. The number of aldehydes is 1. The molecule has 0 saturated carbocycles. The Morgan fingerprint density at radius 3 is 2.95 bits per heavy atom. The summed E-state index contributed by atoms with van der Waals surface area (Å²) >= 11 is 0. The van der Waals surface area contributed by atoms with Crippen LogP contribution >= 0.6 is 0 Å². The maximum absolute atomic E-state index is 13.3. The average Bonchev–Trinajstić information content (AvgIpc) is 2.80. The summed E-state index contributed by atoms with van der Waals surface area (Å²) in [5.74, 6) is -0.500. The van der Waals surface area contributed by atoms with E-state index in [9.17, 15) is 14.0 Å². The second kappa shape index (κ2) is 5.49. The smallest absolute Gasteiger partial charge is 0.255 e. The molecular weight excluding hydrogens is 251 g/mol. The van der Waals surface area contributed by atoms with E-state index in [1.165, 1.54) is 17.0 Å². The Labute approximate surface area is 108 Å². The topological polar surface area (TPSA) is 86.1 Å². The molecule has 0 unspecified atom stereocenters. The Hall–Kier alpha value is -2.40. The molecule has 1 aromatic rings. The highest BCUT2D eigenvalue weighted by Crippen LogP contribution is 2.26. The maximum atomic E-state index is 13.3. The summed E-state index contributed by atoms with van der Waals surface area (Å²) in [6, 6.07) is 5.45. The summed E-state index contributed by atoms with van der Waals surface area (Å²) < 4.78 is 13.3. The zero-order valence-electron chi connectivity index (χ0n) is 9.94. The zero-order valence-corrected chi connectivity index (χ0v) is 9.94. The number of alkyl halides is 1. The van der Waals surface area contributed by atoms with Gasteiger partial charge in [0.2, 0.25) is 0 Å².